The number of rotatable bonds is 9. The Kier molecular flexibility index (Phi) is 6.30. The van der Waals surface area contributed by atoms with Crippen molar-refractivity contribution in [1.82, 2.24) is 14.3 Å². The monoisotopic (exact) mass is 466 g/mol. The zero-order chi connectivity index (χ0) is 23.6. The van der Waals surface area contributed by atoms with E-state index in [0.717, 1.165) is 29.7 Å². The lowest BCUT2D eigenvalue weighted by Crippen LogP contribution is -2.29. The van der Waals surface area contributed by atoms with Gasteiger partial charge in [0.15, 0.2) is 0 Å². The van der Waals surface area contributed by atoms with Gasteiger partial charge in [-0.2, -0.15) is 4.98 Å². The molecule has 0 radical (unpaired) electrons. The van der Waals surface area contributed by atoms with Crippen LogP contribution in [0.15, 0.2) is 54.7 Å². The zero-order valence-corrected chi connectivity index (χ0v) is 19.3. The Hall–Kier alpha value is -3.50. The minimum Gasteiger partial charge on any atom is -0.366 e. The summed E-state index contributed by atoms with van der Waals surface area (Å²) in [6.45, 7) is 2.23. The topological polar surface area (TPSA) is 130 Å². The summed E-state index contributed by atoms with van der Waals surface area (Å²) in [6.07, 6.45) is 3.20. The van der Waals surface area contributed by atoms with Gasteiger partial charge in [-0.3, -0.25) is 4.79 Å². The lowest BCUT2D eigenvalue weighted by atomic mass is 10.2. The van der Waals surface area contributed by atoms with E-state index in [4.69, 9.17) is 5.73 Å². The molecule has 172 valence electrons. The lowest BCUT2D eigenvalue weighted by molar-refractivity contribution is 0.100. The van der Waals surface area contributed by atoms with Crippen LogP contribution in [0.5, 0.6) is 0 Å². The molecule has 0 spiro atoms. The third kappa shape index (κ3) is 5.47. The highest BCUT2D eigenvalue weighted by Crippen LogP contribution is 2.31. The van der Waals surface area contributed by atoms with Crippen molar-refractivity contribution in [3.63, 3.8) is 0 Å². The van der Waals surface area contributed by atoms with E-state index in [-0.39, 0.29) is 5.25 Å². The van der Waals surface area contributed by atoms with Crippen molar-refractivity contribution in [2.45, 2.75) is 31.6 Å². The SMILES string of the molecule is Cc1cnc(Nc2cccc(C(N)=O)c2)nc1Nc1ccc(CN(C)S(=O)(=O)C2CC2)cc1. The zero-order valence-electron chi connectivity index (χ0n) is 18.4. The van der Waals surface area contributed by atoms with Gasteiger partial charge >= 0.3 is 0 Å². The molecule has 1 aromatic heterocycles. The van der Waals surface area contributed by atoms with Crippen molar-refractivity contribution in [1.29, 1.82) is 0 Å². The number of hydrogen-bond acceptors (Lipinski definition) is 7. The van der Waals surface area contributed by atoms with Gasteiger partial charge < -0.3 is 16.4 Å². The predicted molar refractivity (Wildman–Crippen MR) is 128 cm³/mol. The Balaban J connectivity index is 1.44. The van der Waals surface area contributed by atoms with Gasteiger partial charge in [0.1, 0.15) is 5.82 Å². The molecule has 1 fully saturated rings. The highest BCUT2D eigenvalue weighted by atomic mass is 32.2. The number of primary amides is 1. The maximum Gasteiger partial charge on any atom is 0.248 e. The van der Waals surface area contributed by atoms with E-state index in [1.807, 2.05) is 31.2 Å². The molecule has 1 aliphatic carbocycles. The van der Waals surface area contributed by atoms with Crippen LogP contribution in [-0.4, -0.2) is 40.9 Å². The third-order valence-corrected chi connectivity index (χ3v) is 7.69. The van der Waals surface area contributed by atoms with E-state index >= 15 is 0 Å². The fraction of sp³-hybridized carbons (Fsp3) is 0.261. The molecule has 10 heteroatoms. The minimum atomic E-state index is -3.20. The highest BCUT2D eigenvalue weighted by molar-refractivity contribution is 7.90. The Morgan fingerprint density at radius 3 is 2.52 bits per heavy atom. The smallest absolute Gasteiger partial charge is 0.248 e. The lowest BCUT2D eigenvalue weighted by Gasteiger charge is -2.17. The van der Waals surface area contributed by atoms with Crippen molar-refractivity contribution in [3.8, 4) is 0 Å². The van der Waals surface area contributed by atoms with E-state index in [9.17, 15) is 13.2 Å². The molecule has 0 unspecified atom stereocenters. The molecule has 0 aliphatic heterocycles. The molecule has 1 amide bonds. The van der Waals surface area contributed by atoms with Crippen molar-refractivity contribution >= 4 is 39.1 Å². The van der Waals surface area contributed by atoms with E-state index in [1.165, 1.54) is 4.31 Å². The summed E-state index contributed by atoms with van der Waals surface area (Å²) in [7, 11) is -1.58. The Morgan fingerprint density at radius 1 is 1.12 bits per heavy atom. The van der Waals surface area contributed by atoms with Crippen molar-refractivity contribution in [3.05, 3.63) is 71.4 Å². The van der Waals surface area contributed by atoms with Crippen molar-refractivity contribution in [2.75, 3.05) is 17.7 Å². The quantitative estimate of drug-likeness (QED) is 0.441. The van der Waals surface area contributed by atoms with Gasteiger partial charge in [-0.1, -0.05) is 18.2 Å². The maximum absolute atomic E-state index is 12.3. The second-order valence-electron chi connectivity index (χ2n) is 8.12. The number of anilines is 4. The number of carbonyl (C=O) groups excluding carboxylic acids is 1. The van der Waals surface area contributed by atoms with E-state index < -0.39 is 15.9 Å². The van der Waals surface area contributed by atoms with E-state index in [0.29, 0.717) is 29.6 Å². The number of benzene rings is 2. The first-order valence-electron chi connectivity index (χ1n) is 10.5. The van der Waals surface area contributed by atoms with Gasteiger partial charge in [-0.25, -0.2) is 17.7 Å². The van der Waals surface area contributed by atoms with Gasteiger partial charge in [-0.05, 0) is 55.7 Å². The van der Waals surface area contributed by atoms with Gasteiger partial charge in [0.2, 0.25) is 21.9 Å². The third-order valence-electron chi connectivity index (χ3n) is 5.38. The van der Waals surface area contributed by atoms with Crippen LogP contribution >= 0.6 is 0 Å². The number of nitrogens with two attached hydrogens (primary N) is 1. The number of aromatic nitrogens is 2. The molecule has 1 aliphatic rings. The number of amides is 1. The van der Waals surface area contributed by atoms with Crippen molar-refractivity contribution < 1.29 is 13.2 Å². The summed E-state index contributed by atoms with van der Waals surface area (Å²) in [5.74, 6) is 0.485. The molecular formula is C23H26N6O3S. The molecule has 3 aromatic rings. The first-order valence-corrected chi connectivity index (χ1v) is 12.0. The molecule has 4 N–H and O–H groups in total. The maximum atomic E-state index is 12.3. The number of hydrogen-bond donors (Lipinski definition) is 3. The van der Waals surface area contributed by atoms with E-state index in [2.05, 4.69) is 20.6 Å². The van der Waals surface area contributed by atoms with Crippen LogP contribution in [0.2, 0.25) is 0 Å². The average Bonchev–Trinajstić information content (AvgIpc) is 3.64. The average molecular weight is 467 g/mol. The number of nitrogens with one attached hydrogen (secondary N) is 2. The molecule has 0 saturated heterocycles. The standard InChI is InChI=1S/C23H26N6O3S/c1-15-13-25-23(27-19-5-3-4-17(12-19)21(24)30)28-22(15)26-18-8-6-16(7-9-18)14-29(2)33(31,32)20-10-11-20/h3-9,12-13,20H,10-11,14H2,1-2H3,(H2,24,30)(H2,25,26,27,28). The molecule has 4 rings (SSSR count). The summed E-state index contributed by atoms with van der Waals surface area (Å²) in [5, 5.41) is 6.13. The molecule has 9 nitrogen and oxygen atoms in total. The summed E-state index contributed by atoms with van der Waals surface area (Å²) in [4.78, 5) is 20.2. The van der Waals surface area contributed by atoms with Gasteiger partial charge in [0.05, 0.1) is 5.25 Å². The normalized spacial score (nSPS) is 13.7. The van der Waals surface area contributed by atoms with Crippen LogP contribution in [-0.2, 0) is 16.6 Å². The Morgan fingerprint density at radius 2 is 1.85 bits per heavy atom. The molecule has 1 heterocycles. The minimum absolute atomic E-state index is 0.217. The molecule has 2 aromatic carbocycles. The molecule has 0 bridgehead atoms. The number of aryl methyl sites for hydroxylation is 1. The Labute approximate surface area is 193 Å². The first kappa shape index (κ1) is 22.7. The summed E-state index contributed by atoms with van der Waals surface area (Å²) >= 11 is 0. The Bertz CT molecular complexity index is 1270. The molecule has 0 atom stereocenters. The fourth-order valence-electron chi connectivity index (χ4n) is 3.31. The van der Waals surface area contributed by atoms with Gasteiger partial charge in [0.25, 0.3) is 0 Å². The second kappa shape index (κ2) is 9.16. The van der Waals surface area contributed by atoms with Gasteiger partial charge in [0, 0.05) is 42.3 Å². The first-order chi connectivity index (χ1) is 15.7. The fourth-order valence-corrected chi connectivity index (χ4v) is 4.88. The summed E-state index contributed by atoms with van der Waals surface area (Å²) < 4.78 is 26.1. The van der Waals surface area contributed by atoms with Gasteiger partial charge in [-0.15, -0.1) is 0 Å². The second-order valence-corrected chi connectivity index (χ2v) is 10.4. The van der Waals surface area contributed by atoms with Crippen LogP contribution in [0.25, 0.3) is 0 Å². The number of sulfonamides is 1. The molecule has 1 saturated carbocycles. The van der Waals surface area contributed by atoms with Crippen LogP contribution in [0, 0.1) is 6.92 Å². The van der Waals surface area contributed by atoms with Crippen LogP contribution < -0.4 is 16.4 Å². The van der Waals surface area contributed by atoms with Crippen LogP contribution in [0.1, 0.15) is 34.3 Å². The van der Waals surface area contributed by atoms with Crippen LogP contribution in [0.4, 0.5) is 23.1 Å². The van der Waals surface area contributed by atoms with E-state index in [1.54, 1.807) is 37.5 Å². The summed E-state index contributed by atoms with van der Waals surface area (Å²) in [6, 6.07) is 14.4. The molecular weight excluding hydrogens is 440 g/mol. The summed E-state index contributed by atoms with van der Waals surface area (Å²) in [5.41, 5.74) is 8.95. The van der Waals surface area contributed by atoms with Crippen LogP contribution in [0.3, 0.4) is 0 Å². The highest BCUT2D eigenvalue weighted by Gasteiger charge is 2.38. The van der Waals surface area contributed by atoms with Crippen molar-refractivity contribution in [2.24, 2.45) is 5.73 Å². The largest absolute Gasteiger partial charge is 0.366 e. The number of carbonyl (C=O) groups is 1. The number of nitrogens with zero attached hydrogens (tertiary/aromatic N) is 3. The predicted octanol–water partition coefficient (Wildman–Crippen LogP) is 3.30. The molecule has 33 heavy (non-hydrogen) atoms.